The van der Waals surface area contributed by atoms with E-state index >= 15 is 0 Å². The van der Waals surface area contributed by atoms with Crippen molar-refractivity contribution in [3.05, 3.63) is 124 Å². The maximum atomic E-state index is 13.4. The molecule has 4 aromatic carbocycles. The number of rotatable bonds is 8. The molecule has 0 bridgehead atoms. The van der Waals surface area contributed by atoms with Gasteiger partial charge in [0.05, 0.1) is 0 Å². The van der Waals surface area contributed by atoms with Gasteiger partial charge in [0.1, 0.15) is 11.4 Å². The summed E-state index contributed by atoms with van der Waals surface area (Å²) in [6.45, 7) is 4.53. The lowest BCUT2D eigenvalue weighted by atomic mass is 10.1. The molecular formula is C32H28ClN3O3. The van der Waals surface area contributed by atoms with Crippen molar-refractivity contribution in [3.8, 4) is 5.75 Å². The lowest BCUT2D eigenvalue weighted by molar-refractivity contribution is -0.118. The number of carbonyl (C=O) groups excluding carboxylic acids is 2. The maximum absolute atomic E-state index is 13.4. The van der Waals surface area contributed by atoms with Crippen LogP contribution in [0.4, 0.5) is 11.4 Å². The fourth-order valence-corrected chi connectivity index (χ4v) is 4.57. The summed E-state index contributed by atoms with van der Waals surface area (Å²) in [5.74, 6) is 0.0633. The van der Waals surface area contributed by atoms with Gasteiger partial charge in [0.15, 0.2) is 6.61 Å². The number of hydrogen-bond acceptors (Lipinski definition) is 3. The number of nitrogens with zero attached hydrogens (tertiary/aromatic N) is 1. The van der Waals surface area contributed by atoms with Crippen LogP contribution in [0.5, 0.6) is 5.75 Å². The first-order valence-corrected chi connectivity index (χ1v) is 13.0. The normalized spacial score (nSPS) is 10.8. The van der Waals surface area contributed by atoms with Crippen molar-refractivity contribution in [2.75, 3.05) is 17.2 Å². The van der Waals surface area contributed by atoms with Crippen LogP contribution in [-0.4, -0.2) is 23.0 Å². The molecule has 6 nitrogen and oxygen atoms in total. The molecule has 1 aromatic heterocycles. The van der Waals surface area contributed by atoms with Crippen LogP contribution in [0.2, 0.25) is 5.02 Å². The highest BCUT2D eigenvalue weighted by molar-refractivity contribution is 6.30. The fourth-order valence-electron chi connectivity index (χ4n) is 4.44. The van der Waals surface area contributed by atoms with Gasteiger partial charge in [-0.3, -0.25) is 9.59 Å². The highest BCUT2D eigenvalue weighted by atomic mass is 35.5. The van der Waals surface area contributed by atoms with E-state index in [2.05, 4.69) is 42.7 Å². The summed E-state index contributed by atoms with van der Waals surface area (Å²) in [5, 5.41) is 7.32. The molecule has 5 aromatic rings. The molecule has 5 rings (SSSR count). The van der Waals surface area contributed by atoms with Crippen molar-refractivity contribution in [1.29, 1.82) is 0 Å². The van der Waals surface area contributed by atoms with Crippen LogP contribution in [0.15, 0.2) is 97.1 Å². The molecule has 196 valence electrons. The predicted octanol–water partition coefficient (Wildman–Crippen LogP) is 7.23. The maximum Gasteiger partial charge on any atom is 0.272 e. The molecule has 7 heteroatoms. The topological polar surface area (TPSA) is 72.4 Å². The van der Waals surface area contributed by atoms with E-state index in [1.807, 2.05) is 59.2 Å². The number of aryl methyl sites for hydroxylation is 2. The molecule has 0 aliphatic heterocycles. The minimum Gasteiger partial charge on any atom is -0.484 e. The average molecular weight is 538 g/mol. The molecule has 0 spiro atoms. The molecule has 39 heavy (non-hydrogen) atoms. The quantitative estimate of drug-likeness (QED) is 0.219. The first-order chi connectivity index (χ1) is 18.9. The van der Waals surface area contributed by atoms with Gasteiger partial charge in [0.2, 0.25) is 0 Å². The van der Waals surface area contributed by atoms with Crippen LogP contribution in [0, 0.1) is 13.8 Å². The Balaban J connectivity index is 1.42. The number of ether oxygens (including phenoxy) is 1. The second kappa shape index (κ2) is 11.5. The van der Waals surface area contributed by atoms with Crippen molar-refractivity contribution in [1.82, 2.24) is 4.57 Å². The Morgan fingerprint density at radius 3 is 2.36 bits per heavy atom. The average Bonchev–Trinajstić information content (AvgIpc) is 3.28. The Morgan fingerprint density at radius 2 is 1.59 bits per heavy atom. The second-order valence-corrected chi connectivity index (χ2v) is 9.87. The summed E-state index contributed by atoms with van der Waals surface area (Å²) < 4.78 is 7.57. The van der Waals surface area contributed by atoms with E-state index < -0.39 is 0 Å². The standard InChI is InChI=1S/C32H28ClN3O3/c1-21-8-9-22(2)24(16-21)19-36-29-15-12-27(34-31(37)20-39-28-13-10-25(33)11-14-28)17-23(29)18-30(36)32(38)35-26-6-4-3-5-7-26/h3-18H,19-20H2,1-2H3,(H,34,37)(H,35,38). The molecular weight excluding hydrogens is 510 g/mol. The molecule has 0 aliphatic rings. The SMILES string of the molecule is Cc1ccc(C)c(Cn2c(C(=O)Nc3ccccc3)cc3cc(NC(=O)COc4ccc(Cl)cc4)ccc32)c1. The molecule has 2 N–H and O–H groups in total. The molecule has 0 radical (unpaired) electrons. The van der Waals surface area contributed by atoms with Gasteiger partial charge >= 0.3 is 0 Å². The minimum absolute atomic E-state index is 0.141. The Bertz CT molecular complexity index is 1640. The highest BCUT2D eigenvalue weighted by Gasteiger charge is 2.18. The van der Waals surface area contributed by atoms with E-state index in [0.717, 1.165) is 33.3 Å². The Morgan fingerprint density at radius 1 is 0.821 bits per heavy atom. The lowest BCUT2D eigenvalue weighted by Gasteiger charge is -2.14. The summed E-state index contributed by atoms with van der Waals surface area (Å²) in [4.78, 5) is 26.0. The van der Waals surface area contributed by atoms with Gasteiger partial charge in [-0.15, -0.1) is 0 Å². The molecule has 2 amide bonds. The number of aromatic nitrogens is 1. The third-order valence-corrected chi connectivity index (χ3v) is 6.72. The predicted molar refractivity (Wildman–Crippen MR) is 157 cm³/mol. The zero-order chi connectivity index (χ0) is 27.4. The molecule has 0 atom stereocenters. The first kappa shape index (κ1) is 26.1. The third kappa shape index (κ3) is 6.30. The highest BCUT2D eigenvalue weighted by Crippen LogP contribution is 2.27. The number of amides is 2. The zero-order valence-corrected chi connectivity index (χ0v) is 22.5. The van der Waals surface area contributed by atoms with E-state index in [1.54, 1.807) is 24.3 Å². The largest absolute Gasteiger partial charge is 0.484 e. The van der Waals surface area contributed by atoms with Crippen LogP contribution < -0.4 is 15.4 Å². The van der Waals surface area contributed by atoms with Gasteiger partial charge in [0, 0.05) is 33.8 Å². The van der Waals surface area contributed by atoms with Gasteiger partial charge in [-0.05, 0) is 85.6 Å². The molecule has 0 fully saturated rings. The van der Waals surface area contributed by atoms with Gasteiger partial charge in [-0.2, -0.15) is 0 Å². The monoisotopic (exact) mass is 537 g/mol. The summed E-state index contributed by atoms with van der Waals surface area (Å²) >= 11 is 5.90. The van der Waals surface area contributed by atoms with Gasteiger partial charge in [-0.25, -0.2) is 0 Å². The Hall–Kier alpha value is -4.55. The lowest BCUT2D eigenvalue weighted by Crippen LogP contribution is -2.20. The fraction of sp³-hybridized carbons (Fsp3) is 0.125. The minimum atomic E-state index is -0.291. The molecule has 0 saturated heterocycles. The third-order valence-electron chi connectivity index (χ3n) is 6.47. The first-order valence-electron chi connectivity index (χ1n) is 12.6. The summed E-state index contributed by atoms with van der Waals surface area (Å²) in [6.07, 6.45) is 0. The van der Waals surface area contributed by atoms with Crippen molar-refractivity contribution >= 4 is 45.7 Å². The molecule has 0 saturated carbocycles. The molecule has 0 aliphatic carbocycles. The van der Waals surface area contributed by atoms with E-state index in [4.69, 9.17) is 16.3 Å². The number of anilines is 2. The van der Waals surface area contributed by atoms with E-state index in [1.165, 1.54) is 0 Å². The summed E-state index contributed by atoms with van der Waals surface area (Å²) in [7, 11) is 0. The smallest absolute Gasteiger partial charge is 0.272 e. The molecule has 0 unspecified atom stereocenters. The van der Waals surface area contributed by atoms with Crippen LogP contribution >= 0.6 is 11.6 Å². The summed E-state index contributed by atoms with van der Waals surface area (Å²) in [5.41, 5.74) is 6.22. The number of para-hydroxylation sites is 1. The van der Waals surface area contributed by atoms with Crippen LogP contribution in [-0.2, 0) is 11.3 Å². The summed E-state index contributed by atoms with van der Waals surface area (Å²) in [6, 6.07) is 30.0. The second-order valence-electron chi connectivity index (χ2n) is 9.43. The zero-order valence-electron chi connectivity index (χ0n) is 21.7. The van der Waals surface area contributed by atoms with Crippen molar-refractivity contribution in [2.45, 2.75) is 20.4 Å². The molecule has 1 heterocycles. The van der Waals surface area contributed by atoms with Gasteiger partial charge in [0.25, 0.3) is 11.8 Å². The Labute approximate surface area is 232 Å². The van der Waals surface area contributed by atoms with Crippen molar-refractivity contribution < 1.29 is 14.3 Å². The van der Waals surface area contributed by atoms with Gasteiger partial charge < -0.3 is 19.9 Å². The number of benzene rings is 4. The van der Waals surface area contributed by atoms with Crippen molar-refractivity contribution in [2.24, 2.45) is 0 Å². The van der Waals surface area contributed by atoms with E-state index in [9.17, 15) is 9.59 Å². The number of halogens is 1. The van der Waals surface area contributed by atoms with E-state index in [-0.39, 0.29) is 18.4 Å². The van der Waals surface area contributed by atoms with Crippen LogP contribution in [0.25, 0.3) is 10.9 Å². The van der Waals surface area contributed by atoms with Crippen LogP contribution in [0.3, 0.4) is 0 Å². The Kier molecular flexibility index (Phi) is 7.66. The number of fused-ring (bicyclic) bond motifs is 1. The van der Waals surface area contributed by atoms with Gasteiger partial charge in [-0.1, -0.05) is 53.6 Å². The van der Waals surface area contributed by atoms with E-state index in [0.29, 0.717) is 28.7 Å². The number of hydrogen-bond donors (Lipinski definition) is 2. The van der Waals surface area contributed by atoms with Crippen LogP contribution in [0.1, 0.15) is 27.2 Å². The number of carbonyl (C=O) groups is 2. The van der Waals surface area contributed by atoms with Crippen molar-refractivity contribution in [3.63, 3.8) is 0 Å². The number of nitrogens with one attached hydrogen (secondary N) is 2.